The molecule has 0 bridgehead atoms. The van der Waals surface area contributed by atoms with Crippen LogP contribution in [0.3, 0.4) is 0 Å². The van der Waals surface area contributed by atoms with Gasteiger partial charge in [0.1, 0.15) is 22.2 Å². The Morgan fingerprint density at radius 2 is 0.905 bits per heavy atom. The Balaban J connectivity index is 0.000000364. The minimum atomic E-state index is -0.396. The van der Waals surface area contributed by atoms with E-state index in [0.29, 0.717) is 0 Å². The molecule has 0 aliphatic carbocycles. The van der Waals surface area contributed by atoms with E-state index in [1.807, 2.05) is 55.4 Å². The predicted octanol–water partition coefficient (Wildman–Crippen LogP) is 1.12. The van der Waals surface area contributed by atoms with Crippen LogP contribution in [-0.2, 0) is 20.4 Å². The zero-order valence-electron chi connectivity index (χ0n) is 14.0. The van der Waals surface area contributed by atoms with Crippen LogP contribution in [0.1, 0.15) is 55.4 Å². The van der Waals surface area contributed by atoms with E-state index in [1.165, 1.54) is 0 Å². The van der Waals surface area contributed by atoms with Crippen LogP contribution >= 0.6 is 0 Å². The molecule has 21 heavy (non-hydrogen) atoms. The molecule has 2 rings (SSSR count). The Kier molecular flexibility index (Phi) is 5.55. The summed E-state index contributed by atoms with van der Waals surface area (Å²) in [5.41, 5.74) is -1.16. The number of hydroxylamine groups is 2. The van der Waals surface area contributed by atoms with Gasteiger partial charge in [-0.1, -0.05) is 0 Å². The molecule has 0 aromatic heterocycles. The summed E-state index contributed by atoms with van der Waals surface area (Å²) in [6.07, 6.45) is 5.06. The van der Waals surface area contributed by atoms with E-state index in [-0.39, 0.29) is 31.5 Å². The normalized spacial score (nSPS) is 26.1. The number of nitrogens with zero attached hydrogens (tertiary/aromatic N) is 2. The van der Waals surface area contributed by atoms with E-state index < -0.39 is 11.1 Å². The minimum Gasteiger partial charge on any atom is -0.745 e. The fourth-order valence-corrected chi connectivity index (χ4v) is 1.47. The van der Waals surface area contributed by atoms with Crippen LogP contribution in [-0.4, -0.2) is 44.3 Å². The van der Waals surface area contributed by atoms with Crippen molar-refractivity contribution in [3.63, 3.8) is 0 Å². The molecule has 0 atom stereocenters. The molecule has 0 radical (unpaired) electrons. The fraction of sp³-hybridized carbons (Fsp3) is 0.857. The molecule has 2 aliphatic rings. The Bertz CT molecular complexity index is 412. The van der Waals surface area contributed by atoms with Gasteiger partial charge in [0, 0.05) is 0 Å². The van der Waals surface area contributed by atoms with Crippen LogP contribution in [0.2, 0.25) is 0 Å². The fourth-order valence-electron chi connectivity index (χ4n) is 1.47. The van der Waals surface area contributed by atoms with Crippen molar-refractivity contribution in [1.82, 2.24) is 10.6 Å². The third kappa shape index (κ3) is 3.35. The van der Waals surface area contributed by atoms with Gasteiger partial charge < -0.3 is 30.5 Å². The van der Waals surface area contributed by atoms with Gasteiger partial charge in [0.05, 0.1) is 0 Å². The Hall–Kier alpha value is -0.798. The van der Waals surface area contributed by atoms with Gasteiger partial charge in [-0.05, 0) is 55.4 Å². The zero-order chi connectivity index (χ0) is 16.0. The Morgan fingerprint density at radius 3 is 0.952 bits per heavy atom. The van der Waals surface area contributed by atoms with E-state index in [1.54, 1.807) is 0 Å². The summed E-state index contributed by atoms with van der Waals surface area (Å²) in [5, 5.41) is 27.9. The Labute approximate surface area is 141 Å². The van der Waals surface area contributed by atoms with E-state index >= 15 is 0 Å². The van der Waals surface area contributed by atoms with Crippen LogP contribution in [0.25, 0.3) is 0 Å². The summed E-state index contributed by atoms with van der Waals surface area (Å²) < 4.78 is 1.68. The van der Waals surface area contributed by atoms with Crippen molar-refractivity contribution in [3.05, 3.63) is 10.4 Å². The summed E-state index contributed by atoms with van der Waals surface area (Å²) in [6, 6.07) is 0. The molecule has 0 aromatic carbocycles. The summed E-state index contributed by atoms with van der Waals surface area (Å²) in [7, 11) is 0. The summed E-state index contributed by atoms with van der Waals surface area (Å²) in [5.74, 6) is 0. The Morgan fingerprint density at radius 1 is 0.667 bits per heavy atom. The molecule has 6 nitrogen and oxygen atoms in total. The van der Waals surface area contributed by atoms with E-state index in [0.717, 1.165) is 9.48 Å². The van der Waals surface area contributed by atoms with E-state index in [9.17, 15) is 10.4 Å². The molecule has 0 aromatic rings. The molecular weight excluding hydrogens is 363 g/mol. The van der Waals surface area contributed by atoms with Gasteiger partial charge >= 0.3 is 20.4 Å². The molecular formula is C14H26N4O2Pd. The van der Waals surface area contributed by atoms with Crippen LogP contribution in [0.5, 0.6) is 0 Å². The number of rotatable bonds is 0. The largest absolute Gasteiger partial charge is 2.00 e. The summed E-state index contributed by atoms with van der Waals surface area (Å²) >= 11 is 0. The quantitative estimate of drug-likeness (QED) is 0.282. The van der Waals surface area contributed by atoms with Crippen molar-refractivity contribution < 1.29 is 29.9 Å². The summed E-state index contributed by atoms with van der Waals surface area (Å²) in [4.78, 5) is 0. The molecule has 0 fully saturated rings. The third-order valence-electron chi connectivity index (χ3n) is 5.01. The van der Waals surface area contributed by atoms with Crippen molar-refractivity contribution in [2.24, 2.45) is 0 Å². The number of nitrogens with one attached hydrogen (secondary N) is 2. The maximum absolute atomic E-state index is 11.1. The average molecular weight is 389 g/mol. The average Bonchev–Trinajstić information content (AvgIpc) is 2.60. The van der Waals surface area contributed by atoms with Gasteiger partial charge in [-0.2, -0.15) is 0 Å². The van der Waals surface area contributed by atoms with Crippen molar-refractivity contribution in [1.29, 1.82) is 0 Å². The first-order valence-corrected chi connectivity index (χ1v) is 6.76. The predicted molar refractivity (Wildman–Crippen MR) is 79.9 cm³/mol. The zero-order valence-corrected chi connectivity index (χ0v) is 15.6. The molecule has 124 valence electrons. The SMILES string of the molecule is CC1(C)N[C-]=[N+]([O-])C1(C)C.CC1(C)N[C-]=[N+]([O-])C1(C)C.[Pd+2]. The van der Waals surface area contributed by atoms with E-state index in [2.05, 4.69) is 23.3 Å². The molecule has 0 amide bonds. The summed E-state index contributed by atoms with van der Waals surface area (Å²) in [6.45, 7) is 15.5. The molecule has 2 aliphatic heterocycles. The van der Waals surface area contributed by atoms with Gasteiger partial charge in [-0.3, -0.25) is 0 Å². The second-order valence-corrected chi connectivity index (χ2v) is 7.43. The van der Waals surface area contributed by atoms with Gasteiger partial charge in [-0.25, -0.2) is 0 Å². The van der Waals surface area contributed by atoms with Crippen molar-refractivity contribution in [2.45, 2.75) is 77.5 Å². The van der Waals surface area contributed by atoms with E-state index in [4.69, 9.17) is 0 Å². The van der Waals surface area contributed by atoms with Gasteiger partial charge in [0.25, 0.3) is 0 Å². The van der Waals surface area contributed by atoms with Gasteiger partial charge in [0.2, 0.25) is 0 Å². The molecule has 2 N–H and O–H groups in total. The third-order valence-corrected chi connectivity index (χ3v) is 5.01. The molecule has 0 saturated heterocycles. The van der Waals surface area contributed by atoms with Crippen molar-refractivity contribution >= 4 is 12.7 Å². The first-order valence-electron chi connectivity index (χ1n) is 6.76. The van der Waals surface area contributed by atoms with Gasteiger partial charge in [0.15, 0.2) is 0 Å². The van der Waals surface area contributed by atoms with Crippen molar-refractivity contribution in [3.8, 4) is 0 Å². The monoisotopic (exact) mass is 388 g/mol. The van der Waals surface area contributed by atoms with Crippen LogP contribution in [0, 0.1) is 10.4 Å². The molecule has 0 spiro atoms. The standard InChI is InChI=1S/2C7H13N2O.Pd/c2*1-6(2)7(3,4)9(10)5-8-6;/h2*8H,1-4H3;/q2*-1;+2. The van der Waals surface area contributed by atoms with Gasteiger partial charge in [-0.15, -0.1) is 12.7 Å². The molecule has 0 unspecified atom stereocenters. The van der Waals surface area contributed by atoms with Crippen LogP contribution in [0.15, 0.2) is 0 Å². The second-order valence-electron chi connectivity index (χ2n) is 7.43. The smallest absolute Gasteiger partial charge is 0.745 e. The first kappa shape index (κ1) is 20.2. The number of hydrogen-bond donors (Lipinski definition) is 2. The molecule has 0 saturated carbocycles. The van der Waals surface area contributed by atoms with Crippen molar-refractivity contribution in [2.75, 3.05) is 0 Å². The second kappa shape index (κ2) is 5.77. The topological polar surface area (TPSA) is 76.2 Å². The van der Waals surface area contributed by atoms with Crippen LogP contribution < -0.4 is 10.6 Å². The minimum absolute atomic E-state index is 0. The maximum atomic E-state index is 11.1. The number of hydrogen-bond acceptors (Lipinski definition) is 4. The maximum Gasteiger partial charge on any atom is 2.00 e. The first-order chi connectivity index (χ1) is 8.76. The van der Waals surface area contributed by atoms with Crippen LogP contribution in [0.4, 0.5) is 0 Å². The molecule has 7 heteroatoms. The molecule has 2 heterocycles.